The fraction of sp³-hybridized carbons (Fsp3) is 1.00. The first-order valence-corrected chi connectivity index (χ1v) is 10.2. The molecule has 1 aliphatic carbocycles. The molecule has 4 heterocycles. The van der Waals surface area contributed by atoms with E-state index < -0.39 is 41.5 Å². The third-order valence-corrected chi connectivity index (χ3v) is 7.32. The standard InChI is InChI=1S/C19H28BF3O5/c1-11-5-6-14-12(2)18(19(21,22)23,24-10-4-9-20)26-15-17(14)13(11)7-8-16(3,25-15)27-28-17/h11-15H,4-10H2,1-3H3/t11-,12-,13+,14+,15+,16+,17-,18-/m1/s1. The van der Waals surface area contributed by atoms with Crippen molar-refractivity contribution in [1.29, 1.82) is 0 Å². The van der Waals surface area contributed by atoms with Crippen molar-refractivity contribution in [2.45, 2.75) is 88.8 Å². The van der Waals surface area contributed by atoms with Crippen molar-refractivity contribution in [3.8, 4) is 0 Å². The van der Waals surface area contributed by atoms with Crippen LogP contribution in [0.5, 0.6) is 0 Å². The monoisotopic (exact) mass is 404 g/mol. The summed E-state index contributed by atoms with van der Waals surface area (Å²) in [5, 5.41) is 0. The zero-order chi connectivity index (χ0) is 20.4. The minimum absolute atomic E-state index is 0.00157. The van der Waals surface area contributed by atoms with E-state index in [4.69, 9.17) is 31.8 Å². The molecular formula is C19H28BF3O5. The highest BCUT2D eigenvalue weighted by Gasteiger charge is 2.77. The van der Waals surface area contributed by atoms with Gasteiger partial charge < -0.3 is 14.2 Å². The smallest absolute Gasteiger partial charge is 0.342 e. The second kappa shape index (κ2) is 6.84. The Kier molecular flexibility index (Phi) is 5.11. The third-order valence-electron chi connectivity index (χ3n) is 7.32. The van der Waals surface area contributed by atoms with Gasteiger partial charge in [-0.3, -0.25) is 0 Å². The first kappa shape index (κ1) is 20.9. The van der Waals surface area contributed by atoms with E-state index in [2.05, 4.69) is 6.92 Å². The number of ether oxygens (including phenoxy) is 3. The van der Waals surface area contributed by atoms with Crippen LogP contribution < -0.4 is 0 Å². The maximum atomic E-state index is 14.4. The molecule has 8 atom stereocenters. The van der Waals surface area contributed by atoms with Gasteiger partial charge in [0, 0.05) is 24.9 Å². The lowest BCUT2D eigenvalue weighted by Crippen LogP contribution is -2.76. The van der Waals surface area contributed by atoms with Crippen LogP contribution in [-0.4, -0.2) is 44.1 Å². The van der Waals surface area contributed by atoms with Crippen LogP contribution in [0.15, 0.2) is 0 Å². The quantitative estimate of drug-likeness (QED) is 0.401. The van der Waals surface area contributed by atoms with Crippen molar-refractivity contribution >= 4 is 7.85 Å². The third kappa shape index (κ3) is 2.80. The van der Waals surface area contributed by atoms with E-state index in [9.17, 15) is 13.2 Å². The maximum absolute atomic E-state index is 14.4. The van der Waals surface area contributed by atoms with Gasteiger partial charge in [0.05, 0.1) is 7.85 Å². The van der Waals surface area contributed by atoms with Crippen molar-refractivity contribution in [3.63, 3.8) is 0 Å². The first-order chi connectivity index (χ1) is 13.1. The molecule has 9 heteroatoms. The van der Waals surface area contributed by atoms with E-state index >= 15 is 0 Å². The molecule has 5 aliphatic rings. The molecule has 5 rings (SSSR count). The van der Waals surface area contributed by atoms with Crippen LogP contribution in [0.1, 0.15) is 52.9 Å². The molecule has 158 valence electrons. The molecule has 0 unspecified atom stereocenters. The zero-order valence-corrected chi connectivity index (χ0v) is 16.6. The highest BCUT2D eigenvalue weighted by molar-refractivity contribution is 6.08. The predicted octanol–water partition coefficient (Wildman–Crippen LogP) is 4.12. The molecule has 0 aromatic rings. The van der Waals surface area contributed by atoms with Crippen LogP contribution in [-0.2, 0) is 24.0 Å². The summed E-state index contributed by atoms with van der Waals surface area (Å²) < 4.78 is 60.3. The summed E-state index contributed by atoms with van der Waals surface area (Å²) >= 11 is 0. The Morgan fingerprint density at radius 3 is 2.50 bits per heavy atom. The Hall–Kier alpha value is -0.345. The molecule has 2 bridgehead atoms. The largest absolute Gasteiger partial charge is 0.443 e. The molecule has 28 heavy (non-hydrogen) atoms. The van der Waals surface area contributed by atoms with Crippen LogP contribution in [0.4, 0.5) is 13.2 Å². The number of halogens is 3. The van der Waals surface area contributed by atoms with Gasteiger partial charge in [0.25, 0.3) is 5.79 Å². The van der Waals surface area contributed by atoms with Crippen LogP contribution >= 0.6 is 0 Å². The Morgan fingerprint density at radius 2 is 1.82 bits per heavy atom. The number of hydrogen-bond acceptors (Lipinski definition) is 5. The Balaban J connectivity index is 1.78. The normalized spacial score (nSPS) is 50.9. The zero-order valence-electron chi connectivity index (χ0n) is 16.6. The van der Waals surface area contributed by atoms with E-state index in [-0.39, 0.29) is 24.8 Å². The van der Waals surface area contributed by atoms with Gasteiger partial charge in [0.2, 0.25) is 5.79 Å². The van der Waals surface area contributed by atoms with Crippen LogP contribution in [0.2, 0.25) is 6.32 Å². The van der Waals surface area contributed by atoms with E-state index in [0.29, 0.717) is 19.3 Å². The van der Waals surface area contributed by atoms with Gasteiger partial charge >= 0.3 is 6.18 Å². The first-order valence-electron chi connectivity index (χ1n) is 10.2. The molecule has 0 aromatic carbocycles. The SMILES string of the molecule is [B]CCCO[C@@]1(C(F)(F)F)O[C@@H]2O[C@]3(C)CC[C@H]4[C@H](C)CC[C@@H]([C@H]1C)[C@@]24OO3. The summed E-state index contributed by atoms with van der Waals surface area (Å²) in [5.74, 6) is -5.05. The van der Waals surface area contributed by atoms with Gasteiger partial charge in [-0.05, 0) is 44.4 Å². The summed E-state index contributed by atoms with van der Waals surface area (Å²) in [6.07, 6.45) is -2.69. The van der Waals surface area contributed by atoms with Gasteiger partial charge in [-0.25, -0.2) is 9.78 Å². The van der Waals surface area contributed by atoms with E-state index in [1.807, 2.05) is 0 Å². The van der Waals surface area contributed by atoms with Gasteiger partial charge in [-0.2, -0.15) is 13.2 Å². The van der Waals surface area contributed by atoms with Crippen LogP contribution in [0, 0.1) is 23.7 Å². The fourth-order valence-corrected chi connectivity index (χ4v) is 5.80. The molecule has 4 aliphatic heterocycles. The lowest BCUT2D eigenvalue weighted by molar-refractivity contribution is -0.598. The summed E-state index contributed by atoms with van der Waals surface area (Å²) in [5.41, 5.74) is -1.06. The lowest BCUT2D eigenvalue weighted by atomic mass is 9.57. The molecule has 0 N–H and O–H groups in total. The second-order valence-electron chi connectivity index (χ2n) is 8.97. The Morgan fingerprint density at radius 1 is 1.07 bits per heavy atom. The topological polar surface area (TPSA) is 46.2 Å². The molecule has 2 radical (unpaired) electrons. The van der Waals surface area contributed by atoms with Crippen molar-refractivity contribution in [3.05, 3.63) is 0 Å². The summed E-state index contributed by atoms with van der Waals surface area (Å²) in [6.45, 7) is 5.20. The molecule has 5 nitrogen and oxygen atoms in total. The second-order valence-corrected chi connectivity index (χ2v) is 8.97. The highest BCUT2D eigenvalue weighted by Crippen LogP contribution is 2.64. The van der Waals surface area contributed by atoms with Crippen molar-refractivity contribution in [1.82, 2.24) is 0 Å². The summed E-state index contributed by atoms with van der Waals surface area (Å²) in [6, 6.07) is 0. The number of fused-ring (bicyclic) bond motifs is 2. The summed E-state index contributed by atoms with van der Waals surface area (Å²) in [7, 11) is 5.46. The maximum Gasteiger partial charge on any atom is 0.443 e. The molecule has 1 spiro atoms. The fourth-order valence-electron chi connectivity index (χ4n) is 5.80. The number of alkyl halides is 3. The highest BCUT2D eigenvalue weighted by atomic mass is 19.4. The van der Waals surface area contributed by atoms with Gasteiger partial charge in [0.15, 0.2) is 11.9 Å². The average Bonchev–Trinajstić information content (AvgIpc) is 2.84. The van der Waals surface area contributed by atoms with Crippen molar-refractivity contribution in [2.75, 3.05) is 6.61 Å². The van der Waals surface area contributed by atoms with Crippen LogP contribution in [0.25, 0.3) is 0 Å². The molecule has 1 saturated carbocycles. The minimum atomic E-state index is -4.72. The van der Waals surface area contributed by atoms with E-state index in [1.54, 1.807) is 13.8 Å². The number of hydrogen-bond donors (Lipinski definition) is 0. The van der Waals surface area contributed by atoms with Gasteiger partial charge in [-0.15, -0.1) is 0 Å². The van der Waals surface area contributed by atoms with Crippen LogP contribution in [0.3, 0.4) is 0 Å². The molecule has 0 amide bonds. The minimum Gasteiger partial charge on any atom is -0.342 e. The van der Waals surface area contributed by atoms with Gasteiger partial charge in [-0.1, -0.05) is 20.2 Å². The average molecular weight is 404 g/mol. The molecule has 0 aromatic heterocycles. The van der Waals surface area contributed by atoms with Crippen molar-refractivity contribution in [2.24, 2.45) is 23.7 Å². The molecule has 4 saturated heterocycles. The van der Waals surface area contributed by atoms with E-state index in [0.717, 1.165) is 12.8 Å². The van der Waals surface area contributed by atoms with Gasteiger partial charge in [0.1, 0.15) is 0 Å². The van der Waals surface area contributed by atoms with E-state index in [1.165, 1.54) is 0 Å². The Bertz CT molecular complexity index is 607. The summed E-state index contributed by atoms with van der Waals surface area (Å²) in [4.78, 5) is 11.5. The Labute approximate surface area is 164 Å². The predicted molar refractivity (Wildman–Crippen MR) is 93.0 cm³/mol. The lowest BCUT2D eigenvalue weighted by Gasteiger charge is -2.62. The number of rotatable bonds is 4. The van der Waals surface area contributed by atoms with Crippen molar-refractivity contribution < 1.29 is 37.2 Å². The molecule has 5 fully saturated rings. The molecular weight excluding hydrogens is 376 g/mol.